The van der Waals surface area contributed by atoms with Crippen molar-refractivity contribution in [1.82, 2.24) is 0 Å². The van der Waals surface area contributed by atoms with Crippen LogP contribution in [-0.4, -0.2) is 11.6 Å². The molecule has 1 aliphatic carbocycles. The highest BCUT2D eigenvalue weighted by molar-refractivity contribution is 6.46. The van der Waals surface area contributed by atoms with Crippen molar-refractivity contribution in [3.8, 4) is 0 Å². The highest BCUT2D eigenvalue weighted by Crippen LogP contribution is 2.14. The zero-order valence-corrected chi connectivity index (χ0v) is 8.63. The predicted molar refractivity (Wildman–Crippen MR) is 53.4 cm³/mol. The van der Waals surface area contributed by atoms with Gasteiger partial charge in [0.15, 0.2) is 0 Å². The molecule has 0 saturated carbocycles. The van der Waals surface area contributed by atoms with Gasteiger partial charge in [0.05, 0.1) is 0 Å². The second kappa shape index (κ2) is 5.46. The Morgan fingerprint density at radius 3 is 1.92 bits per heavy atom. The van der Waals surface area contributed by atoms with E-state index in [1.165, 1.54) is 12.2 Å². The Kier molecular flexibility index (Phi) is 4.97. The average molecular weight is 180 g/mol. The molecule has 2 heteroatoms. The molecule has 0 bridgehead atoms. The predicted octanol–water partition coefficient (Wildman–Crippen LogP) is 2.30. The molecule has 0 spiro atoms. The molecule has 72 valence electrons. The fourth-order valence-electron chi connectivity index (χ4n) is 0.884. The average Bonchev–Trinajstić information content (AvgIpc) is 2.13. The van der Waals surface area contributed by atoms with E-state index >= 15 is 0 Å². The summed E-state index contributed by atoms with van der Waals surface area (Å²) in [5.74, 6) is -0.520. The Morgan fingerprint density at radius 2 is 1.54 bits per heavy atom. The van der Waals surface area contributed by atoms with E-state index in [1.54, 1.807) is 6.08 Å². The van der Waals surface area contributed by atoms with Crippen LogP contribution in [0, 0.1) is 5.92 Å². The molecule has 0 heterocycles. The van der Waals surface area contributed by atoms with Crippen LogP contribution in [0.3, 0.4) is 0 Å². The third-order valence-corrected chi connectivity index (χ3v) is 1.63. The normalized spacial score (nSPS) is 15.3. The molecule has 2 nitrogen and oxygen atoms in total. The number of carbonyl (C=O) groups is 2. The Labute approximate surface area is 79.3 Å². The fraction of sp³-hybridized carbons (Fsp3) is 0.455. The number of ketones is 2. The van der Waals surface area contributed by atoms with Crippen molar-refractivity contribution >= 4 is 11.6 Å². The van der Waals surface area contributed by atoms with Crippen LogP contribution in [0.4, 0.5) is 0 Å². The van der Waals surface area contributed by atoms with Crippen molar-refractivity contribution in [1.29, 1.82) is 0 Å². The van der Waals surface area contributed by atoms with Gasteiger partial charge in [-0.15, -0.1) is 0 Å². The fourth-order valence-corrected chi connectivity index (χ4v) is 0.884. The molecule has 0 atom stereocenters. The second-order valence-electron chi connectivity index (χ2n) is 2.86. The summed E-state index contributed by atoms with van der Waals surface area (Å²) in [6, 6.07) is 0. The van der Waals surface area contributed by atoms with Crippen molar-refractivity contribution in [2.75, 3.05) is 0 Å². The van der Waals surface area contributed by atoms with Gasteiger partial charge in [0, 0.05) is 0 Å². The second-order valence-corrected chi connectivity index (χ2v) is 2.86. The van der Waals surface area contributed by atoms with Crippen LogP contribution in [0.15, 0.2) is 23.8 Å². The lowest BCUT2D eigenvalue weighted by atomic mass is 9.96. The van der Waals surface area contributed by atoms with Gasteiger partial charge in [-0.05, 0) is 23.6 Å². The molecule has 0 fully saturated rings. The first kappa shape index (κ1) is 11.8. The van der Waals surface area contributed by atoms with E-state index in [0.717, 1.165) is 5.57 Å². The van der Waals surface area contributed by atoms with Crippen molar-refractivity contribution < 1.29 is 9.59 Å². The zero-order valence-electron chi connectivity index (χ0n) is 8.63. The topological polar surface area (TPSA) is 34.1 Å². The summed E-state index contributed by atoms with van der Waals surface area (Å²) in [4.78, 5) is 21.5. The first-order valence-electron chi connectivity index (χ1n) is 4.59. The minimum atomic E-state index is -0.422. The summed E-state index contributed by atoms with van der Waals surface area (Å²) >= 11 is 0. The monoisotopic (exact) mass is 180 g/mol. The maximum absolute atomic E-state index is 10.8. The van der Waals surface area contributed by atoms with Crippen molar-refractivity contribution in [2.24, 2.45) is 5.92 Å². The van der Waals surface area contributed by atoms with E-state index in [4.69, 9.17) is 0 Å². The molecule has 1 rings (SSSR count). The summed E-state index contributed by atoms with van der Waals surface area (Å²) < 4.78 is 0. The zero-order chi connectivity index (χ0) is 10.4. The van der Waals surface area contributed by atoms with Crippen molar-refractivity contribution in [3.05, 3.63) is 23.8 Å². The molecule has 0 aromatic heterocycles. The summed E-state index contributed by atoms with van der Waals surface area (Å²) in [5.41, 5.74) is 0.926. The third kappa shape index (κ3) is 3.36. The number of rotatable bonds is 1. The maximum atomic E-state index is 10.8. The van der Waals surface area contributed by atoms with Crippen LogP contribution in [-0.2, 0) is 9.59 Å². The van der Waals surface area contributed by atoms with Gasteiger partial charge in [-0.2, -0.15) is 0 Å². The minimum Gasteiger partial charge on any atom is -0.286 e. The maximum Gasteiger partial charge on any atom is 0.225 e. The third-order valence-electron chi connectivity index (χ3n) is 1.63. The van der Waals surface area contributed by atoms with E-state index < -0.39 is 11.6 Å². The Bertz CT molecular complexity index is 257. The molecule has 0 aromatic carbocycles. The van der Waals surface area contributed by atoms with Gasteiger partial charge in [0.2, 0.25) is 11.6 Å². The van der Waals surface area contributed by atoms with Crippen molar-refractivity contribution in [2.45, 2.75) is 27.7 Å². The van der Waals surface area contributed by atoms with Gasteiger partial charge >= 0.3 is 0 Å². The van der Waals surface area contributed by atoms with E-state index in [-0.39, 0.29) is 0 Å². The number of allylic oxidation sites excluding steroid dienone is 4. The first-order valence-corrected chi connectivity index (χ1v) is 4.59. The molecule has 0 radical (unpaired) electrons. The molecule has 0 amide bonds. The number of carbonyl (C=O) groups excluding carboxylic acids is 2. The molecule has 1 aliphatic rings. The molecule has 0 aromatic rings. The van der Waals surface area contributed by atoms with Gasteiger partial charge in [-0.25, -0.2) is 0 Å². The van der Waals surface area contributed by atoms with Crippen LogP contribution in [0.25, 0.3) is 0 Å². The largest absolute Gasteiger partial charge is 0.286 e. The lowest BCUT2D eigenvalue weighted by Crippen LogP contribution is -2.13. The van der Waals surface area contributed by atoms with Gasteiger partial charge in [0.25, 0.3) is 0 Å². The summed E-state index contributed by atoms with van der Waals surface area (Å²) in [5, 5.41) is 0. The highest BCUT2D eigenvalue weighted by Gasteiger charge is 2.14. The van der Waals surface area contributed by atoms with E-state index in [1.807, 2.05) is 27.7 Å². The van der Waals surface area contributed by atoms with E-state index in [0.29, 0.717) is 5.92 Å². The van der Waals surface area contributed by atoms with Gasteiger partial charge in [-0.1, -0.05) is 33.8 Å². The summed E-state index contributed by atoms with van der Waals surface area (Å²) in [6.07, 6.45) is 4.44. The van der Waals surface area contributed by atoms with Gasteiger partial charge in [-0.3, -0.25) is 9.59 Å². The molecule has 0 N–H and O–H groups in total. The van der Waals surface area contributed by atoms with Crippen LogP contribution < -0.4 is 0 Å². The standard InChI is InChI=1S/C9H10O2.C2H6/c1-6(2)7-3-4-8(10)9(11)5-7;1-2/h3-6H,1-2H3;1-2H3. The van der Waals surface area contributed by atoms with Crippen LogP contribution >= 0.6 is 0 Å². The van der Waals surface area contributed by atoms with Gasteiger partial charge < -0.3 is 0 Å². The first-order chi connectivity index (χ1) is 6.11. The lowest BCUT2D eigenvalue weighted by molar-refractivity contribution is -0.131. The summed E-state index contributed by atoms with van der Waals surface area (Å²) in [7, 11) is 0. The van der Waals surface area contributed by atoms with E-state index in [9.17, 15) is 9.59 Å². The molecule has 0 aliphatic heterocycles. The molecule has 0 saturated heterocycles. The van der Waals surface area contributed by atoms with E-state index in [2.05, 4.69) is 0 Å². The van der Waals surface area contributed by atoms with Crippen molar-refractivity contribution in [3.63, 3.8) is 0 Å². The number of hydrogen-bond acceptors (Lipinski definition) is 2. The summed E-state index contributed by atoms with van der Waals surface area (Å²) in [6.45, 7) is 7.97. The minimum absolute atomic E-state index is 0.309. The molecule has 13 heavy (non-hydrogen) atoms. The Morgan fingerprint density at radius 1 is 1.00 bits per heavy atom. The number of hydrogen-bond donors (Lipinski definition) is 0. The Balaban J connectivity index is 0.000000671. The molecular weight excluding hydrogens is 164 g/mol. The van der Waals surface area contributed by atoms with Crippen LogP contribution in [0.1, 0.15) is 27.7 Å². The molecule has 0 unspecified atom stereocenters. The highest BCUT2D eigenvalue weighted by atomic mass is 16.2. The smallest absolute Gasteiger partial charge is 0.225 e. The van der Waals surface area contributed by atoms with Gasteiger partial charge in [0.1, 0.15) is 0 Å². The SMILES string of the molecule is CC.CC(C)C1=CC(=O)C(=O)C=C1. The van der Waals surface area contributed by atoms with Crippen LogP contribution in [0.2, 0.25) is 0 Å². The Hall–Kier alpha value is -1.18. The lowest BCUT2D eigenvalue weighted by Gasteiger charge is -2.07. The molecular formula is C11H16O2. The quantitative estimate of drug-likeness (QED) is 0.458. The van der Waals surface area contributed by atoms with Crippen LogP contribution in [0.5, 0.6) is 0 Å².